The van der Waals surface area contributed by atoms with Crippen LogP contribution in [0, 0.1) is 5.92 Å². The molecular formula is C14H17NO4. The molecule has 1 saturated heterocycles. The molecule has 102 valence electrons. The predicted octanol–water partition coefficient (Wildman–Crippen LogP) is 1.30. The summed E-state index contributed by atoms with van der Waals surface area (Å²) in [5.74, 6) is -1.15. The fraction of sp³-hybridized carbons (Fsp3) is 0.429. The Morgan fingerprint density at radius 3 is 2.68 bits per heavy atom. The third-order valence-electron chi connectivity index (χ3n) is 3.23. The van der Waals surface area contributed by atoms with Gasteiger partial charge in [-0.2, -0.15) is 0 Å². The monoisotopic (exact) mass is 263 g/mol. The molecule has 1 fully saturated rings. The van der Waals surface area contributed by atoms with Crippen LogP contribution in [0.25, 0.3) is 0 Å². The summed E-state index contributed by atoms with van der Waals surface area (Å²) in [5.41, 5.74) is 0.469. The summed E-state index contributed by atoms with van der Waals surface area (Å²) in [6.07, 6.45) is 1.26. The lowest BCUT2D eigenvalue weighted by atomic mass is 9.99. The highest BCUT2D eigenvalue weighted by atomic mass is 16.5. The second-order valence-electron chi connectivity index (χ2n) is 4.70. The molecule has 2 rings (SSSR count). The highest BCUT2D eigenvalue weighted by Crippen LogP contribution is 2.18. The molecule has 1 heterocycles. The van der Waals surface area contributed by atoms with E-state index in [1.807, 2.05) is 0 Å². The summed E-state index contributed by atoms with van der Waals surface area (Å²) in [6, 6.07) is 7.76. The minimum Gasteiger partial charge on any atom is -0.480 e. The molecule has 0 unspecified atom stereocenters. The number of ether oxygens (including phenoxy) is 1. The maximum Gasteiger partial charge on any atom is 0.326 e. The van der Waals surface area contributed by atoms with Gasteiger partial charge in [0.05, 0.1) is 0 Å². The number of aliphatic carboxylic acids is 1. The van der Waals surface area contributed by atoms with E-state index in [2.05, 4.69) is 5.32 Å². The van der Waals surface area contributed by atoms with Crippen molar-refractivity contribution in [2.75, 3.05) is 13.2 Å². The van der Waals surface area contributed by atoms with Gasteiger partial charge in [0.15, 0.2) is 0 Å². The molecule has 19 heavy (non-hydrogen) atoms. The average molecular weight is 263 g/mol. The van der Waals surface area contributed by atoms with Gasteiger partial charge in [0.25, 0.3) is 5.91 Å². The molecular weight excluding hydrogens is 246 g/mol. The number of carbonyl (C=O) groups is 2. The van der Waals surface area contributed by atoms with Crippen molar-refractivity contribution in [3.63, 3.8) is 0 Å². The SMILES string of the molecule is O=C(N[C@H](C[C@@H]1CCOC1)C(=O)O)c1ccccc1. The first kappa shape index (κ1) is 13.5. The fourth-order valence-electron chi connectivity index (χ4n) is 2.16. The van der Waals surface area contributed by atoms with Crippen molar-refractivity contribution >= 4 is 11.9 Å². The fourth-order valence-corrected chi connectivity index (χ4v) is 2.16. The molecule has 5 heteroatoms. The smallest absolute Gasteiger partial charge is 0.326 e. The molecule has 0 bridgehead atoms. The van der Waals surface area contributed by atoms with E-state index in [9.17, 15) is 14.7 Å². The molecule has 2 N–H and O–H groups in total. The van der Waals surface area contributed by atoms with Gasteiger partial charge in [0, 0.05) is 18.8 Å². The van der Waals surface area contributed by atoms with Gasteiger partial charge < -0.3 is 15.2 Å². The number of benzene rings is 1. The molecule has 5 nitrogen and oxygen atoms in total. The van der Waals surface area contributed by atoms with Gasteiger partial charge in [-0.15, -0.1) is 0 Å². The number of hydrogen-bond acceptors (Lipinski definition) is 3. The van der Waals surface area contributed by atoms with Crippen LogP contribution in [0.15, 0.2) is 30.3 Å². The molecule has 0 spiro atoms. The molecule has 2 atom stereocenters. The first-order valence-corrected chi connectivity index (χ1v) is 6.33. The molecule has 1 amide bonds. The zero-order valence-electron chi connectivity index (χ0n) is 10.5. The van der Waals surface area contributed by atoms with Crippen LogP contribution < -0.4 is 5.32 Å². The summed E-state index contributed by atoms with van der Waals surface area (Å²) in [6.45, 7) is 1.24. The quantitative estimate of drug-likeness (QED) is 0.839. The molecule has 1 aromatic carbocycles. The second-order valence-corrected chi connectivity index (χ2v) is 4.70. The zero-order chi connectivity index (χ0) is 13.7. The second kappa shape index (κ2) is 6.33. The van der Waals surface area contributed by atoms with Crippen molar-refractivity contribution in [1.29, 1.82) is 0 Å². The topological polar surface area (TPSA) is 75.6 Å². The van der Waals surface area contributed by atoms with E-state index < -0.39 is 12.0 Å². The normalized spacial score (nSPS) is 19.9. The summed E-state index contributed by atoms with van der Waals surface area (Å²) in [5, 5.41) is 11.7. The zero-order valence-corrected chi connectivity index (χ0v) is 10.5. The summed E-state index contributed by atoms with van der Waals surface area (Å²) >= 11 is 0. The van der Waals surface area contributed by atoms with Crippen molar-refractivity contribution in [3.05, 3.63) is 35.9 Å². The van der Waals surface area contributed by atoms with Crippen molar-refractivity contribution < 1.29 is 19.4 Å². The highest BCUT2D eigenvalue weighted by molar-refractivity contribution is 5.96. The molecule has 1 aliphatic heterocycles. The van der Waals surface area contributed by atoms with Crippen LogP contribution in [0.1, 0.15) is 23.2 Å². The Morgan fingerprint density at radius 2 is 2.11 bits per heavy atom. The Bertz CT molecular complexity index is 440. The Balaban J connectivity index is 1.96. The minimum atomic E-state index is -1.00. The van der Waals surface area contributed by atoms with Gasteiger partial charge in [0.1, 0.15) is 6.04 Å². The lowest BCUT2D eigenvalue weighted by Crippen LogP contribution is -2.42. The standard InChI is InChI=1S/C14H17NO4/c16-13(11-4-2-1-3-5-11)15-12(14(17)18)8-10-6-7-19-9-10/h1-5,10,12H,6-9H2,(H,15,16)(H,17,18)/t10-,12+/m0/s1. The Labute approximate surface area is 111 Å². The van der Waals surface area contributed by atoms with Crippen LogP contribution in [-0.4, -0.2) is 36.2 Å². The minimum absolute atomic E-state index is 0.206. The number of carboxylic acids is 1. The molecule has 1 aliphatic rings. The van der Waals surface area contributed by atoms with Gasteiger partial charge in [-0.3, -0.25) is 4.79 Å². The molecule has 0 aromatic heterocycles. The summed E-state index contributed by atoms with van der Waals surface area (Å²) in [7, 11) is 0. The number of amides is 1. The van der Waals surface area contributed by atoms with Gasteiger partial charge in [-0.25, -0.2) is 4.79 Å². The lowest BCUT2D eigenvalue weighted by Gasteiger charge is -2.17. The van der Waals surface area contributed by atoms with Gasteiger partial charge >= 0.3 is 5.97 Å². The van der Waals surface area contributed by atoms with Gasteiger partial charge in [0.2, 0.25) is 0 Å². The Morgan fingerprint density at radius 1 is 1.37 bits per heavy atom. The third-order valence-corrected chi connectivity index (χ3v) is 3.23. The van der Waals surface area contributed by atoms with Crippen molar-refractivity contribution in [2.45, 2.75) is 18.9 Å². The lowest BCUT2D eigenvalue weighted by molar-refractivity contribution is -0.139. The van der Waals surface area contributed by atoms with E-state index in [0.29, 0.717) is 25.2 Å². The Kier molecular flexibility index (Phi) is 4.52. The van der Waals surface area contributed by atoms with Gasteiger partial charge in [-0.05, 0) is 30.9 Å². The van der Waals surface area contributed by atoms with E-state index in [1.54, 1.807) is 30.3 Å². The first-order chi connectivity index (χ1) is 9.16. The van der Waals surface area contributed by atoms with E-state index in [4.69, 9.17) is 4.74 Å². The number of rotatable bonds is 5. The number of nitrogens with one attached hydrogen (secondary N) is 1. The van der Waals surface area contributed by atoms with E-state index in [-0.39, 0.29) is 11.8 Å². The predicted molar refractivity (Wildman–Crippen MR) is 68.9 cm³/mol. The summed E-state index contributed by atoms with van der Waals surface area (Å²) < 4.78 is 5.22. The van der Waals surface area contributed by atoms with Crippen LogP contribution >= 0.6 is 0 Å². The number of carboxylic acid groups (broad SMARTS) is 1. The van der Waals surface area contributed by atoms with Crippen LogP contribution in [0.2, 0.25) is 0 Å². The largest absolute Gasteiger partial charge is 0.480 e. The maximum atomic E-state index is 11.9. The van der Waals surface area contributed by atoms with E-state index >= 15 is 0 Å². The number of hydrogen-bond donors (Lipinski definition) is 2. The van der Waals surface area contributed by atoms with E-state index in [0.717, 1.165) is 6.42 Å². The average Bonchev–Trinajstić information content (AvgIpc) is 2.91. The highest BCUT2D eigenvalue weighted by Gasteiger charge is 2.26. The third kappa shape index (κ3) is 3.79. The van der Waals surface area contributed by atoms with Crippen LogP contribution in [0.3, 0.4) is 0 Å². The van der Waals surface area contributed by atoms with E-state index in [1.165, 1.54) is 0 Å². The van der Waals surface area contributed by atoms with Crippen LogP contribution in [-0.2, 0) is 9.53 Å². The van der Waals surface area contributed by atoms with Crippen LogP contribution in [0.5, 0.6) is 0 Å². The number of carbonyl (C=O) groups excluding carboxylic acids is 1. The maximum absolute atomic E-state index is 11.9. The first-order valence-electron chi connectivity index (χ1n) is 6.33. The molecule has 1 aromatic rings. The van der Waals surface area contributed by atoms with Gasteiger partial charge in [-0.1, -0.05) is 18.2 Å². The molecule has 0 saturated carbocycles. The van der Waals surface area contributed by atoms with Crippen molar-refractivity contribution in [1.82, 2.24) is 5.32 Å². The molecule has 0 radical (unpaired) electrons. The Hall–Kier alpha value is -1.88. The summed E-state index contributed by atoms with van der Waals surface area (Å²) in [4.78, 5) is 23.1. The van der Waals surface area contributed by atoms with Crippen molar-refractivity contribution in [3.8, 4) is 0 Å². The van der Waals surface area contributed by atoms with Crippen molar-refractivity contribution in [2.24, 2.45) is 5.92 Å². The van der Waals surface area contributed by atoms with Crippen LogP contribution in [0.4, 0.5) is 0 Å². The molecule has 0 aliphatic carbocycles.